The van der Waals surface area contributed by atoms with Crippen molar-refractivity contribution < 1.29 is 28.8 Å². The van der Waals surface area contributed by atoms with Crippen molar-refractivity contribution in [2.24, 2.45) is 0 Å². The smallest absolute Gasteiger partial charge is 0.390 e. The Morgan fingerprint density at radius 1 is 1.23 bits per heavy atom. The van der Waals surface area contributed by atoms with Gasteiger partial charge in [-0.05, 0) is 37.7 Å². The zero-order chi connectivity index (χ0) is 23.1. The Morgan fingerprint density at radius 2 is 1.94 bits per heavy atom. The van der Waals surface area contributed by atoms with E-state index in [4.69, 9.17) is 9.47 Å². The highest BCUT2D eigenvalue weighted by Crippen LogP contribution is 2.34. The standard InChI is InChI=1S/C19H24N4O7S/c1-5-9-30-18(25)15-12(4)16(19(26)29-6-2)31-17(15)20-14(24)7-8-22-11(3)10-13(21-22)23(27)28/h10H,5-9H2,1-4H3,(H,20,24). The van der Waals surface area contributed by atoms with E-state index < -0.39 is 22.8 Å². The van der Waals surface area contributed by atoms with Gasteiger partial charge in [-0.3, -0.25) is 4.79 Å². The summed E-state index contributed by atoms with van der Waals surface area (Å²) in [6, 6.07) is 1.31. The Hall–Kier alpha value is -3.28. The van der Waals surface area contributed by atoms with Crippen LogP contribution in [0.25, 0.3) is 0 Å². The van der Waals surface area contributed by atoms with Gasteiger partial charge in [-0.15, -0.1) is 11.3 Å². The molecule has 0 aliphatic carbocycles. The van der Waals surface area contributed by atoms with Gasteiger partial charge in [-0.2, -0.15) is 4.68 Å². The number of rotatable bonds is 10. The number of anilines is 1. The van der Waals surface area contributed by atoms with Gasteiger partial charge >= 0.3 is 17.8 Å². The molecule has 0 aliphatic heterocycles. The van der Waals surface area contributed by atoms with Crippen molar-refractivity contribution in [1.82, 2.24) is 9.78 Å². The van der Waals surface area contributed by atoms with Gasteiger partial charge < -0.3 is 24.9 Å². The molecule has 0 unspecified atom stereocenters. The van der Waals surface area contributed by atoms with Crippen LogP contribution in [0.15, 0.2) is 6.07 Å². The second kappa shape index (κ2) is 10.7. The summed E-state index contributed by atoms with van der Waals surface area (Å²) in [5.41, 5.74) is 1.03. The summed E-state index contributed by atoms with van der Waals surface area (Å²) in [6.07, 6.45) is 0.575. The van der Waals surface area contributed by atoms with Crippen LogP contribution in [0.5, 0.6) is 0 Å². The topological polar surface area (TPSA) is 143 Å². The average molecular weight is 452 g/mol. The zero-order valence-corrected chi connectivity index (χ0v) is 18.5. The number of hydrogen-bond acceptors (Lipinski definition) is 9. The van der Waals surface area contributed by atoms with Crippen molar-refractivity contribution in [3.05, 3.63) is 37.9 Å². The lowest BCUT2D eigenvalue weighted by atomic mass is 10.1. The Balaban J connectivity index is 2.20. The molecule has 0 saturated heterocycles. The van der Waals surface area contributed by atoms with E-state index >= 15 is 0 Å². The number of esters is 2. The first-order valence-electron chi connectivity index (χ1n) is 9.65. The minimum Gasteiger partial charge on any atom is -0.462 e. The third-order valence-electron chi connectivity index (χ3n) is 4.21. The fraction of sp³-hybridized carbons (Fsp3) is 0.474. The number of carbonyl (C=O) groups excluding carboxylic acids is 3. The van der Waals surface area contributed by atoms with E-state index in [2.05, 4.69) is 10.4 Å². The molecule has 0 radical (unpaired) electrons. The van der Waals surface area contributed by atoms with Gasteiger partial charge in [-0.25, -0.2) is 9.59 Å². The number of amides is 1. The molecule has 0 saturated carbocycles. The lowest BCUT2D eigenvalue weighted by Crippen LogP contribution is -2.17. The van der Waals surface area contributed by atoms with Gasteiger partial charge in [0.25, 0.3) is 0 Å². The van der Waals surface area contributed by atoms with E-state index in [9.17, 15) is 24.5 Å². The van der Waals surface area contributed by atoms with Crippen molar-refractivity contribution in [1.29, 1.82) is 0 Å². The molecule has 1 amide bonds. The molecule has 0 bridgehead atoms. The third-order valence-corrected chi connectivity index (χ3v) is 5.40. The molecule has 0 aromatic carbocycles. The lowest BCUT2D eigenvalue weighted by Gasteiger charge is -2.07. The molecule has 0 atom stereocenters. The summed E-state index contributed by atoms with van der Waals surface area (Å²) < 4.78 is 11.6. The van der Waals surface area contributed by atoms with Gasteiger partial charge in [0.05, 0.1) is 42.2 Å². The number of nitrogens with one attached hydrogen (secondary N) is 1. The van der Waals surface area contributed by atoms with E-state index in [1.807, 2.05) is 6.92 Å². The second-order valence-corrected chi connectivity index (χ2v) is 7.56. The molecular formula is C19H24N4O7S. The van der Waals surface area contributed by atoms with Gasteiger partial charge in [0.1, 0.15) is 9.88 Å². The largest absolute Gasteiger partial charge is 0.462 e. The van der Waals surface area contributed by atoms with Crippen molar-refractivity contribution in [2.75, 3.05) is 18.5 Å². The van der Waals surface area contributed by atoms with Gasteiger partial charge in [0, 0.05) is 6.42 Å². The van der Waals surface area contributed by atoms with Crippen molar-refractivity contribution in [2.45, 2.75) is 47.1 Å². The normalized spacial score (nSPS) is 10.6. The van der Waals surface area contributed by atoms with E-state index in [0.717, 1.165) is 11.3 Å². The molecular weight excluding hydrogens is 428 g/mol. The molecule has 31 heavy (non-hydrogen) atoms. The van der Waals surface area contributed by atoms with Gasteiger partial charge in [-0.1, -0.05) is 6.92 Å². The molecule has 12 heteroatoms. The first-order chi connectivity index (χ1) is 14.7. The molecule has 2 rings (SSSR count). The van der Waals surface area contributed by atoms with Crippen LogP contribution >= 0.6 is 11.3 Å². The lowest BCUT2D eigenvalue weighted by molar-refractivity contribution is -0.389. The minimum atomic E-state index is -0.639. The minimum absolute atomic E-state index is 0.0468. The maximum absolute atomic E-state index is 12.5. The predicted octanol–water partition coefficient (Wildman–Crippen LogP) is 3.24. The summed E-state index contributed by atoms with van der Waals surface area (Å²) in [6.45, 7) is 7.23. The molecule has 2 heterocycles. The second-order valence-electron chi connectivity index (χ2n) is 6.54. The predicted molar refractivity (Wildman–Crippen MR) is 112 cm³/mol. The number of nitrogens with zero attached hydrogens (tertiary/aromatic N) is 3. The van der Waals surface area contributed by atoms with Crippen molar-refractivity contribution in [3.63, 3.8) is 0 Å². The zero-order valence-electron chi connectivity index (χ0n) is 17.7. The number of aryl methyl sites for hydroxylation is 2. The Labute approximate surface area is 182 Å². The molecule has 0 aliphatic rings. The maximum Gasteiger partial charge on any atom is 0.390 e. The molecule has 0 fully saturated rings. The molecule has 2 aromatic rings. The highest BCUT2D eigenvalue weighted by atomic mass is 32.1. The quantitative estimate of drug-likeness (QED) is 0.329. The summed E-state index contributed by atoms with van der Waals surface area (Å²) in [7, 11) is 0. The van der Waals surface area contributed by atoms with Crippen LogP contribution in [0.1, 0.15) is 58.0 Å². The number of hydrogen-bond donors (Lipinski definition) is 1. The molecule has 11 nitrogen and oxygen atoms in total. The number of ether oxygens (including phenoxy) is 2. The summed E-state index contributed by atoms with van der Waals surface area (Å²) in [4.78, 5) is 47.7. The van der Waals surface area contributed by atoms with Gasteiger partial charge in [0.15, 0.2) is 0 Å². The van der Waals surface area contributed by atoms with E-state index in [1.165, 1.54) is 10.7 Å². The van der Waals surface area contributed by atoms with Gasteiger partial charge in [0.2, 0.25) is 5.91 Å². The van der Waals surface area contributed by atoms with Crippen LogP contribution in [-0.2, 0) is 20.8 Å². The van der Waals surface area contributed by atoms with Crippen LogP contribution in [0.3, 0.4) is 0 Å². The first-order valence-corrected chi connectivity index (χ1v) is 10.5. The van der Waals surface area contributed by atoms with E-state index in [-0.39, 0.29) is 47.4 Å². The molecule has 2 aromatic heterocycles. The Bertz CT molecular complexity index is 996. The Kier molecular flexibility index (Phi) is 8.25. The number of nitro groups is 1. The van der Waals surface area contributed by atoms with Crippen LogP contribution in [0.2, 0.25) is 0 Å². The highest BCUT2D eigenvalue weighted by Gasteiger charge is 2.27. The SMILES string of the molecule is CCCOC(=O)c1c(NC(=O)CCn2nc([N+](=O)[O-])cc2C)sc(C(=O)OCC)c1C. The molecule has 0 spiro atoms. The fourth-order valence-corrected chi connectivity index (χ4v) is 3.82. The molecule has 1 N–H and O–H groups in total. The van der Waals surface area contributed by atoms with Crippen LogP contribution in [0.4, 0.5) is 10.8 Å². The number of thiophene rings is 1. The highest BCUT2D eigenvalue weighted by molar-refractivity contribution is 7.18. The van der Waals surface area contributed by atoms with Crippen molar-refractivity contribution in [3.8, 4) is 0 Å². The summed E-state index contributed by atoms with van der Waals surface area (Å²) in [5, 5.41) is 17.5. The van der Waals surface area contributed by atoms with Crippen LogP contribution in [-0.4, -0.2) is 45.8 Å². The third kappa shape index (κ3) is 5.87. The van der Waals surface area contributed by atoms with E-state index in [0.29, 0.717) is 17.7 Å². The van der Waals surface area contributed by atoms with Crippen LogP contribution < -0.4 is 5.32 Å². The first kappa shape index (κ1) is 24.0. The monoisotopic (exact) mass is 452 g/mol. The summed E-state index contributed by atoms with van der Waals surface area (Å²) in [5.74, 6) is -1.97. The van der Waals surface area contributed by atoms with Crippen molar-refractivity contribution >= 4 is 40.0 Å². The maximum atomic E-state index is 12.5. The van der Waals surface area contributed by atoms with Crippen LogP contribution in [0, 0.1) is 24.0 Å². The Morgan fingerprint density at radius 3 is 2.52 bits per heavy atom. The fourth-order valence-electron chi connectivity index (χ4n) is 2.71. The number of aromatic nitrogens is 2. The molecule has 168 valence electrons. The average Bonchev–Trinajstić information content (AvgIpc) is 3.24. The van der Waals surface area contributed by atoms with E-state index in [1.54, 1.807) is 20.8 Å². The summed E-state index contributed by atoms with van der Waals surface area (Å²) >= 11 is 0.938. The number of carbonyl (C=O) groups is 3.